The van der Waals surface area contributed by atoms with E-state index in [2.05, 4.69) is 0 Å². The van der Waals surface area contributed by atoms with E-state index in [-0.39, 0.29) is 25.6 Å². The fourth-order valence-electron chi connectivity index (χ4n) is 4.04. The van der Waals surface area contributed by atoms with Crippen molar-refractivity contribution >= 4 is 18.1 Å². The van der Waals surface area contributed by atoms with Crippen molar-refractivity contribution in [3.05, 3.63) is 35.9 Å². The second kappa shape index (κ2) is 7.93. The van der Waals surface area contributed by atoms with Crippen LogP contribution in [0.25, 0.3) is 0 Å². The fraction of sp³-hybridized carbons (Fsp3) is 0.571. The SMILES string of the molecule is CC(C)(C)OC(=O)N1CCC2CN(C(=O)OCc3ccccc3)CC2(C(N)=O)C1. The zero-order valence-corrected chi connectivity index (χ0v) is 17.2. The molecule has 0 radical (unpaired) electrons. The molecule has 2 fully saturated rings. The molecule has 8 heteroatoms. The molecule has 2 saturated heterocycles. The summed E-state index contributed by atoms with van der Waals surface area (Å²) >= 11 is 0. The number of hydrogen-bond donors (Lipinski definition) is 1. The molecule has 0 spiro atoms. The summed E-state index contributed by atoms with van der Waals surface area (Å²) in [6, 6.07) is 9.40. The minimum atomic E-state index is -0.985. The van der Waals surface area contributed by atoms with Crippen LogP contribution in [-0.2, 0) is 20.9 Å². The maximum atomic E-state index is 12.6. The first-order valence-corrected chi connectivity index (χ1v) is 9.84. The van der Waals surface area contributed by atoms with Crippen LogP contribution in [0.2, 0.25) is 0 Å². The highest BCUT2D eigenvalue weighted by molar-refractivity contribution is 5.84. The van der Waals surface area contributed by atoms with Gasteiger partial charge in [0.2, 0.25) is 5.91 Å². The van der Waals surface area contributed by atoms with Gasteiger partial charge in [-0.15, -0.1) is 0 Å². The molecule has 29 heavy (non-hydrogen) atoms. The molecule has 158 valence electrons. The minimum absolute atomic E-state index is 0.108. The van der Waals surface area contributed by atoms with Gasteiger partial charge in [-0.05, 0) is 38.7 Å². The largest absolute Gasteiger partial charge is 0.445 e. The maximum absolute atomic E-state index is 12.6. The van der Waals surface area contributed by atoms with Gasteiger partial charge >= 0.3 is 12.2 Å². The van der Waals surface area contributed by atoms with Crippen molar-refractivity contribution in [2.75, 3.05) is 26.2 Å². The summed E-state index contributed by atoms with van der Waals surface area (Å²) in [4.78, 5) is 40.5. The number of likely N-dealkylation sites (tertiary alicyclic amines) is 2. The highest BCUT2D eigenvalue weighted by Crippen LogP contribution is 2.42. The van der Waals surface area contributed by atoms with Gasteiger partial charge < -0.3 is 25.0 Å². The van der Waals surface area contributed by atoms with Crippen molar-refractivity contribution in [2.24, 2.45) is 17.1 Å². The number of fused-ring (bicyclic) bond motifs is 1. The van der Waals surface area contributed by atoms with Crippen LogP contribution >= 0.6 is 0 Å². The minimum Gasteiger partial charge on any atom is -0.445 e. The van der Waals surface area contributed by atoms with E-state index in [4.69, 9.17) is 15.2 Å². The Hall–Kier alpha value is -2.77. The Bertz CT molecular complexity index is 776. The number of carbonyl (C=O) groups is 3. The van der Waals surface area contributed by atoms with Gasteiger partial charge in [-0.25, -0.2) is 9.59 Å². The number of nitrogens with two attached hydrogens (primary N) is 1. The lowest BCUT2D eigenvalue weighted by atomic mass is 9.73. The molecule has 8 nitrogen and oxygen atoms in total. The van der Waals surface area contributed by atoms with E-state index >= 15 is 0 Å². The smallest absolute Gasteiger partial charge is 0.410 e. The third-order valence-corrected chi connectivity index (χ3v) is 5.52. The molecule has 0 bridgehead atoms. The molecule has 1 aromatic carbocycles. The molecule has 3 rings (SSSR count). The number of ether oxygens (including phenoxy) is 2. The zero-order chi connectivity index (χ0) is 21.2. The Morgan fingerprint density at radius 1 is 1.10 bits per heavy atom. The number of hydrogen-bond acceptors (Lipinski definition) is 5. The molecule has 0 aromatic heterocycles. The Balaban J connectivity index is 1.67. The first-order valence-electron chi connectivity index (χ1n) is 9.84. The highest BCUT2D eigenvalue weighted by atomic mass is 16.6. The van der Waals surface area contributed by atoms with E-state index in [0.717, 1.165) is 5.56 Å². The van der Waals surface area contributed by atoms with Crippen LogP contribution in [0, 0.1) is 11.3 Å². The van der Waals surface area contributed by atoms with Crippen LogP contribution in [0.5, 0.6) is 0 Å². The van der Waals surface area contributed by atoms with E-state index in [0.29, 0.717) is 19.5 Å². The second-order valence-electron chi connectivity index (χ2n) is 8.83. The molecule has 2 aliphatic heterocycles. The number of primary amides is 1. The second-order valence-corrected chi connectivity index (χ2v) is 8.83. The van der Waals surface area contributed by atoms with Gasteiger partial charge in [0.1, 0.15) is 12.2 Å². The Kier molecular flexibility index (Phi) is 5.73. The molecular weight excluding hydrogens is 374 g/mol. The first kappa shape index (κ1) is 21.0. The fourth-order valence-corrected chi connectivity index (χ4v) is 4.04. The molecule has 2 heterocycles. The van der Waals surface area contributed by atoms with Crippen LogP contribution in [0.15, 0.2) is 30.3 Å². The number of piperidine rings is 1. The Morgan fingerprint density at radius 2 is 1.76 bits per heavy atom. The number of benzene rings is 1. The van der Waals surface area contributed by atoms with Gasteiger partial charge in [0.15, 0.2) is 0 Å². The maximum Gasteiger partial charge on any atom is 0.410 e. The topological polar surface area (TPSA) is 102 Å². The Morgan fingerprint density at radius 3 is 2.38 bits per heavy atom. The van der Waals surface area contributed by atoms with Gasteiger partial charge in [0.05, 0.1) is 5.41 Å². The normalized spacial score (nSPS) is 24.0. The van der Waals surface area contributed by atoms with Crippen LogP contribution in [-0.4, -0.2) is 59.7 Å². The molecule has 2 aliphatic rings. The number of nitrogens with zero attached hydrogens (tertiary/aromatic N) is 2. The van der Waals surface area contributed by atoms with Gasteiger partial charge in [0.25, 0.3) is 0 Å². The number of amides is 3. The summed E-state index contributed by atoms with van der Waals surface area (Å²) in [5.41, 5.74) is 5.04. The first-order chi connectivity index (χ1) is 13.6. The standard InChI is InChI=1S/C21H29N3O5/c1-20(2,3)29-19(27)23-10-9-16-11-24(14-21(16,13-23)17(22)25)18(26)28-12-15-7-5-4-6-8-15/h4-8,16H,9-14H2,1-3H3,(H2,22,25). The van der Waals surface area contributed by atoms with Crippen LogP contribution in [0.1, 0.15) is 32.8 Å². The summed E-state index contributed by atoms with van der Waals surface area (Å²) in [5.74, 6) is -0.614. The van der Waals surface area contributed by atoms with Gasteiger partial charge in [-0.1, -0.05) is 30.3 Å². The molecule has 3 amide bonds. The number of rotatable bonds is 3. The quantitative estimate of drug-likeness (QED) is 0.835. The summed E-state index contributed by atoms with van der Waals surface area (Å²) in [7, 11) is 0. The molecule has 1 aromatic rings. The third-order valence-electron chi connectivity index (χ3n) is 5.52. The predicted molar refractivity (Wildman–Crippen MR) is 106 cm³/mol. The summed E-state index contributed by atoms with van der Waals surface area (Å²) < 4.78 is 10.9. The molecule has 0 aliphatic carbocycles. The summed E-state index contributed by atoms with van der Waals surface area (Å²) in [6.45, 7) is 6.67. The lowest BCUT2D eigenvalue weighted by molar-refractivity contribution is -0.132. The van der Waals surface area contributed by atoms with Crippen molar-refractivity contribution in [2.45, 2.75) is 39.4 Å². The van der Waals surface area contributed by atoms with Gasteiger partial charge in [-0.2, -0.15) is 0 Å². The van der Waals surface area contributed by atoms with E-state index < -0.39 is 29.1 Å². The van der Waals surface area contributed by atoms with Crippen molar-refractivity contribution in [1.29, 1.82) is 0 Å². The average Bonchev–Trinajstić information content (AvgIpc) is 3.06. The Labute approximate surface area is 170 Å². The van der Waals surface area contributed by atoms with Crippen molar-refractivity contribution in [3.63, 3.8) is 0 Å². The van der Waals surface area contributed by atoms with Crippen LogP contribution in [0.3, 0.4) is 0 Å². The third kappa shape index (κ3) is 4.63. The van der Waals surface area contributed by atoms with Gasteiger partial charge in [-0.3, -0.25) is 4.79 Å². The summed E-state index contributed by atoms with van der Waals surface area (Å²) in [6.07, 6.45) is -0.376. The van der Waals surface area contributed by atoms with E-state index in [1.807, 2.05) is 30.3 Å². The van der Waals surface area contributed by atoms with Crippen molar-refractivity contribution in [1.82, 2.24) is 9.80 Å². The van der Waals surface area contributed by atoms with Gasteiger partial charge in [0, 0.05) is 26.2 Å². The van der Waals surface area contributed by atoms with E-state index in [9.17, 15) is 14.4 Å². The van der Waals surface area contributed by atoms with E-state index in [1.54, 1.807) is 20.8 Å². The van der Waals surface area contributed by atoms with Crippen molar-refractivity contribution in [3.8, 4) is 0 Å². The molecule has 2 atom stereocenters. The molecule has 2 unspecified atom stereocenters. The lowest BCUT2D eigenvalue weighted by Crippen LogP contribution is -2.57. The summed E-state index contributed by atoms with van der Waals surface area (Å²) in [5, 5.41) is 0. The van der Waals surface area contributed by atoms with E-state index in [1.165, 1.54) is 9.80 Å². The molecular formula is C21H29N3O5. The molecule has 0 saturated carbocycles. The highest BCUT2D eigenvalue weighted by Gasteiger charge is 2.56. The number of carbonyl (C=O) groups excluding carboxylic acids is 3. The van der Waals surface area contributed by atoms with Crippen LogP contribution < -0.4 is 5.73 Å². The molecule has 2 N–H and O–H groups in total. The predicted octanol–water partition coefficient (Wildman–Crippen LogP) is 2.37. The monoisotopic (exact) mass is 403 g/mol. The average molecular weight is 403 g/mol. The van der Waals surface area contributed by atoms with Crippen molar-refractivity contribution < 1.29 is 23.9 Å². The zero-order valence-electron chi connectivity index (χ0n) is 17.2. The van der Waals surface area contributed by atoms with Crippen LogP contribution in [0.4, 0.5) is 9.59 Å². The lowest BCUT2D eigenvalue weighted by Gasteiger charge is -2.41.